The molecule has 1 aromatic carbocycles. The van der Waals surface area contributed by atoms with Crippen LogP contribution in [0.5, 0.6) is 11.5 Å². The zero-order valence-corrected chi connectivity index (χ0v) is 15.4. The number of hydrogen-bond acceptors (Lipinski definition) is 5. The van der Waals surface area contributed by atoms with Crippen molar-refractivity contribution in [3.8, 4) is 11.5 Å². The van der Waals surface area contributed by atoms with Crippen LogP contribution in [0.3, 0.4) is 0 Å². The van der Waals surface area contributed by atoms with E-state index in [2.05, 4.69) is 27.3 Å². The summed E-state index contributed by atoms with van der Waals surface area (Å²) >= 11 is 6.40. The van der Waals surface area contributed by atoms with Gasteiger partial charge in [-0.05, 0) is 42.3 Å². The predicted molar refractivity (Wildman–Crippen MR) is 99.4 cm³/mol. The largest absolute Gasteiger partial charge is 0.491 e. The van der Waals surface area contributed by atoms with Gasteiger partial charge in [-0.2, -0.15) is 0 Å². The van der Waals surface area contributed by atoms with Gasteiger partial charge in [0.25, 0.3) is 0 Å². The van der Waals surface area contributed by atoms with Crippen molar-refractivity contribution >= 4 is 11.6 Å². The molecule has 1 unspecified atom stereocenters. The van der Waals surface area contributed by atoms with Crippen molar-refractivity contribution in [2.75, 3.05) is 33.4 Å². The minimum Gasteiger partial charge on any atom is -0.491 e. The zero-order valence-electron chi connectivity index (χ0n) is 14.7. The minimum atomic E-state index is 0.313. The van der Waals surface area contributed by atoms with Crippen LogP contribution in [0.2, 0.25) is 5.02 Å². The monoisotopic (exact) mass is 361 g/mol. The third-order valence-corrected chi connectivity index (χ3v) is 4.68. The van der Waals surface area contributed by atoms with Gasteiger partial charge in [-0.3, -0.25) is 9.88 Å². The van der Waals surface area contributed by atoms with Crippen molar-refractivity contribution in [1.29, 1.82) is 0 Å². The van der Waals surface area contributed by atoms with E-state index >= 15 is 0 Å². The number of methoxy groups -OCH3 is 1. The van der Waals surface area contributed by atoms with E-state index in [9.17, 15) is 0 Å². The highest BCUT2D eigenvalue weighted by molar-refractivity contribution is 6.32. The van der Waals surface area contributed by atoms with Crippen LogP contribution in [0.1, 0.15) is 24.1 Å². The summed E-state index contributed by atoms with van der Waals surface area (Å²) in [6.07, 6.45) is 3.69. The molecule has 1 aliphatic rings. The Morgan fingerprint density at radius 3 is 2.84 bits per heavy atom. The van der Waals surface area contributed by atoms with E-state index in [-0.39, 0.29) is 0 Å². The molecule has 0 aliphatic carbocycles. The van der Waals surface area contributed by atoms with Gasteiger partial charge < -0.3 is 14.8 Å². The lowest BCUT2D eigenvalue weighted by Crippen LogP contribution is -2.45. The number of ether oxygens (including phenoxy) is 2. The molecular weight excluding hydrogens is 338 g/mol. The summed E-state index contributed by atoms with van der Waals surface area (Å²) in [7, 11) is 1.61. The van der Waals surface area contributed by atoms with E-state index in [0.717, 1.165) is 31.7 Å². The zero-order chi connectivity index (χ0) is 17.6. The molecule has 1 atom stereocenters. The number of pyridine rings is 1. The van der Waals surface area contributed by atoms with Gasteiger partial charge in [0, 0.05) is 44.6 Å². The summed E-state index contributed by atoms with van der Waals surface area (Å²) in [6, 6.07) is 8.47. The SMILES string of the molecule is CCOc1cc(CN2CCNCC2c2ccncc2)cc(Cl)c1OC. The van der Waals surface area contributed by atoms with Crippen molar-refractivity contribution in [2.24, 2.45) is 0 Å². The van der Waals surface area contributed by atoms with Gasteiger partial charge in [-0.15, -0.1) is 0 Å². The fourth-order valence-electron chi connectivity index (χ4n) is 3.26. The Morgan fingerprint density at radius 1 is 1.32 bits per heavy atom. The number of hydrogen-bond donors (Lipinski definition) is 1. The number of nitrogens with one attached hydrogen (secondary N) is 1. The van der Waals surface area contributed by atoms with Crippen LogP contribution < -0.4 is 14.8 Å². The van der Waals surface area contributed by atoms with Gasteiger partial charge in [-0.1, -0.05) is 11.6 Å². The number of aromatic nitrogens is 1. The van der Waals surface area contributed by atoms with Crippen LogP contribution in [0.4, 0.5) is 0 Å². The van der Waals surface area contributed by atoms with E-state index in [1.807, 2.05) is 31.5 Å². The summed E-state index contributed by atoms with van der Waals surface area (Å²) in [5.41, 5.74) is 2.39. The Morgan fingerprint density at radius 2 is 2.12 bits per heavy atom. The van der Waals surface area contributed by atoms with Gasteiger partial charge >= 0.3 is 0 Å². The summed E-state index contributed by atoms with van der Waals surface area (Å²) in [5.74, 6) is 1.29. The van der Waals surface area contributed by atoms with Gasteiger partial charge in [0.2, 0.25) is 0 Å². The lowest BCUT2D eigenvalue weighted by molar-refractivity contribution is 0.153. The normalized spacial score (nSPS) is 18.1. The molecule has 0 radical (unpaired) electrons. The Labute approximate surface area is 153 Å². The summed E-state index contributed by atoms with van der Waals surface area (Å²) in [5, 5.41) is 4.06. The van der Waals surface area contributed by atoms with Gasteiger partial charge in [0.1, 0.15) is 0 Å². The maximum absolute atomic E-state index is 6.40. The fourth-order valence-corrected chi connectivity index (χ4v) is 3.57. The smallest absolute Gasteiger partial charge is 0.179 e. The van der Waals surface area contributed by atoms with E-state index < -0.39 is 0 Å². The molecule has 0 spiro atoms. The van der Waals surface area contributed by atoms with Crippen LogP contribution in [-0.4, -0.2) is 43.2 Å². The molecule has 1 N–H and O–H groups in total. The molecule has 2 heterocycles. The molecule has 25 heavy (non-hydrogen) atoms. The lowest BCUT2D eigenvalue weighted by atomic mass is 10.0. The van der Waals surface area contributed by atoms with Crippen LogP contribution in [0, 0.1) is 0 Å². The molecule has 0 bridgehead atoms. The van der Waals surface area contributed by atoms with Crippen molar-refractivity contribution in [3.05, 3.63) is 52.8 Å². The first kappa shape index (κ1) is 18.0. The highest BCUT2D eigenvalue weighted by Crippen LogP contribution is 2.37. The van der Waals surface area contributed by atoms with Gasteiger partial charge in [-0.25, -0.2) is 0 Å². The van der Waals surface area contributed by atoms with Crippen molar-refractivity contribution in [3.63, 3.8) is 0 Å². The molecule has 5 nitrogen and oxygen atoms in total. The summed E-state index contributed by atoms with van der Waals surface area (Å²) in [4.78, 5) is 6.58. The van der Waals surface area contributed by atoms with Gasteiger partial charge in [0.05, 0.1) is 18.7 Å². The first-order chi connectivity index (χ1) is 12.2. The topological polar surface area (TPSA) is 46.6 Å². The molecule has 1 fully saturated rings. The molecule has 1 saturated heterocycles. The molecular formula is C19H24ClN3O2. The molecule has 2 aromatic rings. The molecule has 3 rings (SSSR count). The first-order valence-electron chi connectivity index (χ1n) is 8.56. The second-order valence-corrected chi connectivity index (χ2v) is 6.42. The standard InChI is InChI=1S/C19H24ClN3O2/c1-3-25-18-11-14(10-16(20)19(18)24-2)13-23-9-8-22-12-17(23)15-4-6-21-7-5-15/h4-7,10-11,17,22H,3,8-9,12-13H2,1-2H3. The number of benzene rings is 1. The van der Waals surface area contributed by atoms with Crippen LogP contribution >= 0.6 is 11.6 Å². The Balaban J connectivity index is 1.84. The van der Waals surface area contributed by atoms with E-state index in [1.54, 1.807) is 7.11 Å². The van der Waals surface area contributed by atoms with Crippen molar-refractivity contribution in [2.45, 2.75) is 19.5 Å². The fraction of sp³-hybridized carbons (Fsp3) is 0.421. The van der Waals surface area contributed by atoms with Gasteiger partial charge in [0.15, 0.2) is 11.5 Å². The minimum absolute atomic E-state index is 0.313. The average molecular weight is 362 g/mol. The Kier molecular flexibility index (Phi) is 6.13. The molecule has 1 aliphatic heterocycles. The quantitative estimate of drug-likeness (QED) is 0.855. The predicted octanol–water partition coefficient (Wildman–Crippen LogP) is 3.29. The van der Waals surface area contributed by atoms with E-state index in [0.29, 0.717) is 29.2 Å². The van der Waals surface area contributed by atoms with E-state index in [1.165, 1.54) is 5.56 Å². The number of nitrogens with zero attached hydrogens (tertiary/aromatic N) is 2. The lowest BCUT2D eigenvalue weighted by Gasteiger charge is -2.36. The summed E-state index contributed by atoms with van der Waals surface area (Å²) < 4.78 is 11.1. The molecule has 1 aromatic heterocycles. The third-order valence-electron chi connectivity index (χ3n) is 4.40. The van der Waals surface area contributed by atoms with Crippen LogP contribution in [-0.2, 0) is 6.54 Å². The second-order valence-electron chi connectivity index (χ2n) is 6.01. The Hall–Kier alpha value is -1.82. The van der Waals surface area contributed by atoms with E-state index in [4.69, 9.17) is 21.1 Å². The van der Waals surface area contributed by atoms with Crippen molar-refractivity contribution in [1.82, 2.24) is 15.2 Å². The first-order valence-corrected chi connectivity index (χ1v) is 8.94. The number of rotatable bonds is 6. The second kappa shape index (κ2) is 8.52. The molecule has 134 valence electrons. The van der Waals surface area contributed by atoms with Crippen LogP contribution in [0.25, 0.3) is 0 Å². The maximum atomic E-state index is 6.40. The van der Waals surface area contributed by atoms with Crippen LogP contribution in [0.15, 0.2) is 36.7 Å². The summed E-state index contributed by atoms with van der Waals surface area (Å²) in [6.45, 7) is 6.20. The number of piperazine rings is 1. The molecule has 0 amide bonds. The molecule has 0 saturated carbocycles. The third kappa shape index (κ3) is 4.24. The highest BCUT2D eigenvalue weighted by atomic mass is 35.5. The molecule has 6 heteroatoms. The maximum Gasteiger partial charge on any atom is 0.179 e. The average Bonchev–Trinajstić information content (AvgIpc) is 2.63. The highest BCUT2D eigenvalue weighted by Gasteiger charge is 2.24. The Bertz CT molecular complexity index is 697. The number of halogens is 1. The van der Waals surface area contributed by atoms with Crippen molar-refractivity contribution < 1.29 is 9.47 Å².